The molecule has 0 radical (unpaired) electrons. The smallest absolute Gasteiger partial charge is 0.350 e. The maximum absolute atomic E-state index is 12.8. The van der Waals surface area contributed by atoms with Crippen molar-refractivity contribution in [3.8, 4) is 17.4 Å². The summed E-state index contributed by atoms with van der Waals surface area (Å²) < 4.78 is 17.6. The third-order valence-electron chi connectivity index (χ3n) is 5.73. The fraction of sp³-hybridized carbons (Fsp3) is 0.222. The number of nitrogens with one attached hydrogen (secondary N) is 4. The zero-order valence-corrected chi connectivity index (χ0v) is 23.0. The first-order valence-electron chi connectivity index (χ1n) is 12.7. The van der Waals surface area contributed by atoms with Crippen LogP contribution in [0.3, 0.4) is 0 Å². The van der Waals surface area contributed by atoms with Gasteiger partial charge in [0.1, 0.15) is 11.9 Å². The van der Waals surface area contributed by atoms with Crippen LogP contribution in [0.15, 0.2) is 65.7 Å². The van der Waals surface area contributed by atoms with Crippen LogP contribution >= 0.6 is 0 Å². The third-order valence-corrected chi connectivity index (χ3v) is 5.73. The predicted octanol–water partition coefficient (Wildman–Crippen LogP) is 1.25. The first kappa shape index (κ1) is 29.3. The minimum Gasteiger partial charge on any atom is -0.490 e. The normalized spacial score (nSPS) is 12.1. The number of amidine groups is 1. The Kier molecular flexibility index (Phi) is 9.11. The van der Waals surface area contributed by atoms with Crippen LogP contribution in [0.2, 0.25) is 0 Å². The summed E-state index contributed by atoms with van der Waals surface area (Å²) in [7, 11) is 1.38. The lowest BCUT2D eigenvalue weighted by Crippen LogP contribution is -2.39. The number of rotatable bonds is 12. The molecular weight excluding hydrogens is 546 g/mol. The monoisotopic (exact) mass is 575 g/mol. The molecule has 42 heavy (non-hydrogen) atoms. The van der Waals surface area contributed by atoms with Gasteiger partial charge in [0.25, 0.3) is 5.95 Å². The van der Waals surface area contributed by atoms with Gasteiger partial charge in [-0.25, -0.2) is 14.8 Å². The molecule has 2 aromatic heterocycles. The molecule has 0 saturated heterocycles. The number of amides is 1. The maximum Gasteiger partial charge on any atom is 0.350 e. The summed E-state index contributed by atoms with van der Waals surface area (Å²) in [6.45, 7) is 3.18. The number of carbonyl (C=O) groups is 2. The topological polar surface area (TPSA) is 212 Å². The molecule has 4 rings (SSSR count). The number of benzene rings is 2. The van der Waals surface area contributed by atoms with Crippen molar-refractivity contribution in [1.82, 2.24) is 30.0 Å². The number of anilines is 1. The van der Waals surface area contributed by atoms with Gasteiger partial charge in [-0.3, -0.25) is 20.0 Å². The molecule has 0 bridgehead atoms. The Morgan fingerprint density at radius 2 is 1.83 bits per heavy atom. The summed E-state index contributed by atoms with van der Waals surface area (Å²) in [5, 5.41) is 17.8. The number of likely N-dealkylation sites (N-methyl/N-ethyl adjacent to an activating group) is 1. The number of H-pyrrole nitrogens is 1. The van der Waals surface area contributed by atoms with Gasteiger partial charge in [0.15, 0.2) is 17.3 Å². The number of nitrogens with zero attached hydrogens (tertiary/aromatic N) is 4. The van der Waals surface area contributed by atoms with Gasteiger partial charge in [0.05, 0.1) is 6.61 Å². The van der Waals surface area contributed by atoms with Gasteiger partial charge in [-0.05, 0) is 55.0 Å². The average molecular weight is 576 g/mol. The number of nitrogen functional groups attached to an aromatic ring is 1. The zero-order chi connectivity index (χ0) is 30.2. The van der Waals surface area contributed by atoms with E-state index >= 15 is 0 Å². The molecule has 6 N–H and O–H groups in total. The Morgan fingerprint density at radius 1 is 1.12 bits per heavy atom. The van der Waals surface area contributed by atoms with E-state index in [1.165, 1.54) is 19.4 Å². The number of hydrogen-bond donors (Lipinski definition) is 5. The molecular formula is C27H29N9O6. The number of aromatic nitrogens is 5. The van der Waals surface area contributed by atoms with E-state index in [-0.39, 0.29) is 35.7 Å². The Morgan fingerprint density at radius 3 is 2.45 bits per heavy atom. The molecule has 2 unspecified atom stereocenters. The Balaban J connectivity index is 1.77. The van der Waals surface area contributed by atoms with Gasteiger partial charge in [-0.1, -0.05) is 6.07 Å². The molecule has 218 valence electrons. The van der Waals surface area contributed by atoms with Gasteiger partial charge in [-0.2, -0.15) is 0 Å². The van der Waals surface area contributed by atoms with Crippen molar-refractivity contribution in [2.75, 3.05) is 19.0 Å². The molecule has 2 heterocycles. The molecule has 15 heteroatoms. The van der Waals surface area contributed by atoms with Crippen LogP contribution in [-0.4, -0.2) is 62.4 Å². The van der Waals surface area contributed by atoms with Crippen molar-refractivity contribution >= 4 is 23.4 Å². The number of hydrogen-bond acceptors (Lipinski definition) is 11. The van der Waals surface area contributed by atoms with Crippen LogP contribution in [0.25, 0.3) is 5.95 Å². The lowest BCUT2D eigenvalue weighted by molar-refractivity contribution is -0.170. The molecule has 0 aliphatic rings. The van der Waals surface area contributed by atoms with E-state index in [1.54, 1.807) is 55.5 Å². The van der Waals surface area contributed by atoms with Crippen molar-refractivity contribution in [3.63, 3.8) is 0 Å². The lowest BCUT2D eigenvalue weighted by Gasteiger charge is -2.22. The second-order valence-electron chi connectivity index (χ2n) is 8.66. The summed E-state index contributed by atoms with van der Waals surface area (Å²) in [5.41, 5.74) is 6.78. The van der Waals surface area contributed by atoms with E-state index in [2.05, 4.69) is 30.7 Å². The Hall–Kier alpha value is -5.73. The van der Waals surface area contributed by atoms with Crippen LogP contribution in [0.1, 0.15) is 36.8 Å². The quantitative estimate of drug-likeness (QED) is 0.0702. The molecule has 0 spiro atoms. The zero-order valence-electron chi connectivity index (χ0n) is 23.0. The van der Waals surface area contributed by atoms with Gasteiger partial charge >= 0.3 is 23.9 Å². The highest BCUT2D eigenvalue weighted by Crippen LogP contribution is 2.34. The standard InChI is InChI=1S/C27H29N9O6/c1-4-40-20-14-17(8-11-19(20)42-25(24(38)30-3)41-15(2)37)21(33-18-9-6-16(7-10-18)22(28)29)23-34-27(39)36(35-23)26-31-12-5-13-32-26/h5-14,21,25,33H,4H2,1-3H3,(H3,28,29)(H,30,38)(H,34,35,39). The average Bonchev–Trinajstić information content (AvgIpc) is 3.37. The molecule has 15 nitrogen and oxygen atoms in total. The Bertz CT molecular complexity index is 1620. The van der Waals surface area contributed by atoms with Crippen LogP contribution in [0.5, 0.6) is 11.5 Å². The third kappa shape index (κ3) is 6.88. The number of ether oxygens (including phenoxy) is 3. The van der Waals surface area contributed by atoms with Gasteiger partial charge in [0.2, 0.25) is 0 Å². The largest absolute Gasteiger partial charge is 0.490 e. The van der Waals surface area contributed by atoms with Crippen molar-refractivity contribution in [2.24, 2.45) is 5.73 Å². The highest BCUT2D eigenvalue weighted by atomic mass is 16.7. The Labute approximate surface area is 239 Å². The molecule has 0 fully saturated rings. The lowest BCUT2D eigenvalue weighted by atomic mass is 10.0. The second kappa shape index (κ2) is 13.1. The number of carbonyl (C=O) groups excluding carboxylic acids is 2. The first-order chi connectivity index (χ1) is 20.2. The maximum atomic E-state index is 12.8. The van der Waals surface area contributed by atoms with Crippen molar-refractivity contribution < 1.29 is 23.8 Å². The summed E-state index contributed by atoms with van der Waals surface area (Å²) in [6.07, 6.45) is 1.43. The summed E-state index contributed by atoms with van der Waals surface area (Å²) in [5.74, 6) is -0.775. The van der Waals surface area contributed by atoms with Gasteiger partial charge in [-0.15, -0.1) is 9.78 Å². The molecule has 1 amide bonds. The number of aromatic amines is 1. The molecule has 0 aliphatic carbocycles. The summed E-state index contributed by atoms with van der Waals surface area (Å²) in [6, 6.07) is 12.5. The molecule has 0 saturated carbocycles. The number of esters is 1. The van der Waals surface area contributed by atoms with Gasteiger partial charge < -0.3 is 30.6 Å². The van der Waals surface area contributed by atoms with Crippen LogP contribution in [0, 0.1) is 5.41 Å². The number of nitrogens with two attached hydrogens (primary N) is 1. The van der Waals surface area contributed by atoms with Crippen molar-refractivity contribution in [1.29, 1.82) is 5.41 Å². The van der Waals surface area contributed by atoms with E-state index in [4.69, 9.17) is 25.4 Å². The molecule has 2 aromatic carbocycles. The molecule has 2 atom stereocenters. The van der Waals surface area contributed by atoms with E-state index in [0.29, 0.717) is 16.8 Å². The van der Waals surface area contributed by atoms with Gasteiger partial charge in [0, 0.05) is 37.6 Å². The second-order valence-corrected chi connectivity index (χ2v) is 8.66. The minimum absolute atomic E-state index is 0.0789. The predicted molar refractivity (Wildman–Crippen MR) is 151 cm³/mol. The highest BCUT2D eigenvalue weighted by Gasteiger charge is 2.26. The molecule has 4 aromatic rings. The van der Waals surface area contributed by atoms with Crippen LogP contribution < -0.4 is 31.5 Å². The van der Waals surface area contributed by atoms with E-state index in [9.17, 15) is 14.4 Å². The van der Waals surface area contributed by atoms with Crippen LogP contribution in [0.4, 0.5) is 5.69 Å². The minimum atomic E-state index is -1.55. The first-order valence-corrected chi connectivity index (χ1v) is 12.7. The van der Waals surface area contributed by atoms with Crippen LogP contribution in [-0.2, 0) is 14.3 Å². The fourth-order valence-electron chi connectivity index (χ4n) is 3.81. The highest BCUT2D eigenvalue weighted by molar-refractivity contribution is 5.95. The SMILES string of the molecule is CCOc1cc(C(Nc2ccc(C(=N)N)cc2)c2nn(-c3ncccn3)c(=O)[nH]2)ccc1OC(OC(C)=O)C(=O)NC. The van der Waals surface area contributed by atoms with Crippen molar-refractivity contribution in [2.45, 2.75) is 26.2 Å². The van der Waals surface area contributed by atoms with E-state index in [0.717, 1.165) is 11.6 Å². The summed E-state index contributed by atoms with van der Waals surface area (Å²) in [4.78, 5) is 47.6. The van der Waals surface area contributed by atoms with E-state index in [1.807, 2.05) is 0 Å². The molecule has 0 aliphatic heterocycles. The summed E-state index contributed by atoms with van der Waals surface area (Å²) >= 11 is 0. The van der Waals surface area contributed by atoms with Crippen molar-refractivity contribution in [3.05, 3.63) is 88.4 Å². The van der Waals surface area contributed by atoms with E-state index < -0.39 is 29.9 Å². The fourth-order valence-corrected chi connectivity index (χ4v) is 3.81.